The summed E-state index contributed by atoms with van der Waals surface area (Å²) in [6.07, 6.45) is 7.33. The van der Waals surface area contributed by atoms with Crippen molar-refractivity contribution in [1.29, 1.82) is 0 Å². The summed E-state index contributed by atoms with van der Waals surface area (Å²) in [6.45, 7) is 0. The second-order valence-electron chi connectivity index (χ2n) is 7.33. The van der Waals surface area contributed by atoms with Crippen LogP contribution in [0.15, 0.2) is 5.03 Å². The molecule has 3 aliphatic rings. The normalized spacial score (nSPS) is 25.9. The molecule has 1 saturated heterocycles. The average Bonchev–Trinajstić information content (AvgIpc) is 2.83. The summed E-state index contributed by atoms with van der Waals surface area (Å²) in [6, 6.07) is -0.233. The number of nitrogens with zero attached hydrogens (tertiary/aromatic N) is 2. The molecule has 2 heterocycles. The molecular formula is C16H24N4O3S. The fourth-order valence-electron chi connectivity index (χ4n) is 4.41. The van der Waals surface area contributed by atoms with Crippen LogP contribution in [0.25, 0.3) is 0 Å². The molecule has 132 valence electrons. The number of rotatable bonds is 3. The molecule has 1 spiro atoms. The number of aromatic nitrogens is 2. The van der Waals surface area contributed by atoms with Crippen LogP contribution in [0.4, 0.5) is 0 Å². The first kappa shape index (κ1) is 16.1. The first-order valence-electron chi connectivity index (χ1n) is 8.79. The van der Waals surface area contributed by atoms with E-state index in [1.165, 1.54) is 4.68 Å². The number of piperidine rings is 1. The van der Waals surface area contributed by atoms with Gasteiger partial charge in [0.1, 0.15) is 0 Å². The second-order valence-corrected chi connectivity index (χ2v) is 8.96. The summed E-state index contributed by atoms with van der Waals surface area (Å²) >= 11 is 0. The van der Waals surface area contributed by atoms with Crippen LogP contribution in [0.2, 0.25) is 0 Å². The Bertz CT molecular complexity index is 779. The van der Waals surface area contributed by atoms with Crippen molar-refractivity contribution >= 4 is 15.9 Å². The minimum atomic E-state index is -3.65. The lowest BCUT2D eigenvalue weighted by atomic mass is 9.68. The van der Waals surface area contributed by atoms with E-state index in [0.717, 1.165) is 56.2 Å². The highest BCUT2D eigenvalue weighted by Gasteiger charge is 2.49. The number of amides is 1. The van der Waals surface area contributed by atoms with Gasteiger partial charge in [0.2, 0.25) is 5.91 Å². The third-order valence-electron chi connectivity index (χ3n) is 5.77. The molecule has 0 bridgehead atoms. The fraction of sp³-hybridized carbons (Fsp3) is 0.750. The summed E-state index contributed by atoms with van der Waals surface area (Å²) in [4.78, 5) is 11.8. The van der Waals surface area contributed by atoms with Gasteiger partial charge in [-0.15, -0.1) is 0 Å². The molecule has 1 aromatic heterocycles. The van der Waals surface area contributed by atoms with Crippen LogP contribution in [-0.4, -0.2) is 35.7 Å². The molecule has 2 aliphatic carbocycles. The maximum atomic E-state index is 13.1. The van der Waals surface area contributed by atoms with Gasteiger partial charge < -0.3 is 5.32 Å². The van der Waals surface area contributed by atoms with E-state index >= 15 is 0 Å². The van der Waals surface area contributed by atoms with Crippen molar-refractivity contribution in [2.24, 2.45) is 7.05 Å². The van der Waals surface area contributed by atoms with Gasteiger partial charge in [-0.05, 0) is 51.4 Å². The number of sulfonamides is 1. The van der Waals surface area contributed by atoms with Gasteiger partial charge in [-0.1, -0.05) is 0 Å². The Kier molecular flexibility index (Phi) is 3.72. The summed E-state index contributed by atoms with van der Waals surface area (Å²) in [5, 5.41) is 7.77. The van der Waals surface area contributed by atoms with Gasteiger partial charge >= 0.3 is 0 Å². The number of carbonyl (C=O) groups excluding carboxylic acids is 1. The molecule has 1 amide bonds. The zero-order valence-electron chi connectivity index (χ0n) is 14.0. The highest BCUT2D eigenvalue weighted by Crippen LogP contribution is 2.39. The Balaban J connectivity index is 1.64. The van der Waals surface area contributed by atoms with Crippen LogP contribution in [0.1, 0.15) is 56.2 Å². The molecule has 24 heavy (non-hydrogen) atoms. The van der Waals surface area contributed by atoms with Crippen molar-refractivity contribution in [3.8, 4) is 0 Å². The minimum Gasteiger partial charge on any atom is -0.349 e. The molecule has 1 atom stereocenters. The van der Waals surface area contributed by atoms with E-state index in [1.54, 1.807) is 7.05 Å². The number of hydrogen-bond acceptors (Lipinski definition) is 4. The molecule has 4 rings (SSSR count). The quantitative estimate of drug-likeness (QED) is 0.841. The van der Waals surface area contributed by atoms with Crippen molar-refractivity contribution in [2.75, 3.05) is 0 Å². The maximum Gasteiger partial charge on any atom is 0.258 e. The Morgan fingerprint density at radius 3 is 2.67 bits per heavy atom. The van der Waals surface area contributed by atoms with Crippen molar-refractivity contribution in [2.45, 2.75) is 74.4 Å². The molecule has 7 nitrogen and oxygen atoms in total. The van der Waals surface area contributed by atoms with Crippen LogP contribution < -0.4 is 10.0 Å². The van der Waals surface area contributed by atoms with E-state index in [1.807, 2.05) is 0 Å². The predicted molar refractivity (Wildman–Crippen MR) is 87.9 cm³/mol. The molecule has 1 unspecified atom stereocenters. The van der Waals surface area contributed by atoms with Gasteiger partial charge in [-0.25, -0.2) is 13.1 Å². The van der Waals surface area contributed by atoms with E-state index in [-0.39, 0.29) is 17.5 Å². The monoisotopic (exact) mass is 352 g/mol. The lowest BCUT2D eigenvalue weighted by Gasteiger charge is -2.50. The molecule has 8 heteroatoms. The summed E-state index contributed by atoms with van der Waals surface area (Å²) < 4.78 is 30.6. The summed E-state index contributed by atoms with van der Waals surface area (Å²) in [7, 11) is -1.95. The van der Waals surface area contributed by atoms with Crippen molar-refractivity contribution in [1.82, 2.24) is 19.8 Å². The van der Waals surface area contributed by atoms with Crippen LogP contribution in [-0.2, 0) is 34.7 Å². The van der Waals surface area contributed by atoms with Crippen molar-refractivity contribution in [3.63, 3.8) is 0 Å². The van der Waals surface area contributed by atoms with Gasteiger partial charge in [0.05, 0.1) is 11.2 Å². The number of nitrogens with one attached hydrogen (secondary N) is 2. The highest BCUT2D eigenvalue weighted by atomic mass is 32.2. The Morgan fingerprint density at radius 1 is 1.21 bits per heavy atom. The Labute approximate surface area is 142 Å². The lowest BCUT2D eigenvalue weighted by Crippen LogP contribution is -2.68. The smallest absolute Gasteiger partial charge is 0.258 e. The molecule has 2 N–H and O–H groups in total. The van der Waals surface area contributed by atoms with Crippen molar-refractivity contribution < 1.29 is 13.2 Å². The first-order chi connectivity index (χ1) is 11.4. The highest BCUT2D eigenvalue weighted by molar-refractivity contribution is 7.89. The fourth-order valence-corrected chi connectivity index (χ4v) is 6.18. The standard InChI is InChI=1S/C16H24N4O3S/c1-20-15(11-5-2-3-6-12(11)18-20)24(22,23)19-13-7-8-14(21)17-16(13)9-4-10-16/h13,19H,2-10H2,1H3,(H,17,21). The predicted octanol–water partition coefficient (Wildman–Crippen LogP) is 0.778. The molecule has 1 aromatic rings. The number of carbonyl (C=O) groups is 1. The topological polar surface area (TPSA) is 93.1 Å². The first-order valence-corrected chi connectivity index (χ1v) is 10.3. The summed E-state index contributed by atoms with van der Waals surface area (Å²) in [5.74, 6) is 0.0306. The zero-order chi connectivity index (χ0) is 16.9. The van der Waals surface area contributed by atoms with E-state index in [2.05, 4.69) is 15.1 Å². The maximum absolute atomic E-state index is 13.1. The SMILES string of the molecule is Cn1nc2c(c1S(=O)(=O)NC1CCC(=O)NC13CCC3)CCCC2. The van der Waals surface area contributed by atoms with E-state index < -0.39 is 10.0 Å². The number of fused-ring (bicyclic) bond motifs is 1. The zero-order valence-corrected chi connectivity index (χ0v) is 14.8. The van der Waals surface area contributed by atoms with Crippen LogP contribution >= 0.6 is 0 Å². The molecular weight excluding hydrogens is 328 g/mol. The van der Waals surface area contributed by atoms with Gasteiger partial charge in [0.15, 0.2) is 5.03 Å². The third-order valence-corrected chi connectivity index (χ3v) is 7.39. The van der Waals surface area contributed by atoms with Crippen LogP contribution in [0.3, 0.4) is 0 Å². The average molecular weight is 352 g/mol. The third kappa shape index (κ3) is 2.47. The molecule has 1 aliphatic heterocycles. The molecule has 0 aromatic carbocycles. The minimum absolute atomic E-state index is 0.0306. The van der Waals surface area contributed by atoms with Gasteiger partial charge in [-0.3, -0.25) is 9.48 Å². The van der Waals surface area contributed by atoms with Gasteiger partial charge in [0.25, 0.3) is 10.0 Å². The Hall–Kier alpha value is -1.41. The van der Waals surface area contributed by atoms with Gasteiger partial charge in [0, 0.05) is 25.1 Å². The van der Waals surface area contributed by atoms with E-state index in [4.69, 9.17) is 0 Å². The Morgan fingerprint density at radius 2 is 1.96 bits per heavy atom. The lowest BCUT2D eigenvalue weighted by molar-refractivity contribution is -0.127. The molecule has 1 saturated carbocycles. The molecule has 0 radical (unpaired) electrons. The largest absolute Gasteiger partial charge is 0.349 e. The van der Waals surface area contributed by atoms with E-state index in [0.29, 0.717) is 17.9 Å². The van der Waals surface area contributed by atoms with E-state index in [9.17, 15) is 13.2 Å². The van der Waals surface area contributed by atoms with Crippen molar-refractivity contribution in [3.05, 3.63) is 11.3 Å². The van der Waals surface area contributed by atoms with Crippen LogP contribution in [0.5, 0.6) is 0 Å². The number of hydrogen-bond donors (Lipinski definition) is 2. The van der Waals surface area contributed by atoms with Gasteiger partial charge in [-0.2, -0.15) is 5.10 Å². The molecule has 2 fully saturated rings. The number of aryl methyl sites for hydroxylation is 2. The summed E-state index contributed by atoms with van der Waals surface area (Å²) in [5.41, 5.74) is 1.40. The second kappa shape index (κ2) is 5.56. The van der Waals surface area contributed by atoms with Crippen LogP contribution in [0, 0.1) is 0 Å².